The largest absolute Gasteiger partial charge is 0.458 e. The Morgan fingerprint density at radius 2 is 1.70 bits per heavy atom. The predicted octanol–water partition coefficient (Wildman–Crippen LogP) is 5.21. The van der Waals surface area contributed by atoms with Gasteiger partial charge in [0, 0.05) is 48.1 Å². The molecule has 0 bridgehead atoms. The van der Waals surface area contributed by atoms with E-state index in [1.165, 1.54) is 42.3 Å². The van der Waals surface area contributed by atoms with E-state index in [1.807, 2.05) is 0 Å². The van der Waals surface area contributed by atoms with Crippen LogP contribution in [0, 0.1) is 24.4 Å². The van der Waals surface area contributed by atoms with Gasteiger partial charge in [-0.05, 0) is 81.6 Å². The van der Waals surface area contributed by atoms with E-state index in [0.717, 1.165) is 6.07 Å². The zero-order valence-corrected chi connectivity index (χ0v) is 22.3. The highest BCUT2D eigenvalue weighted by atomic mass is 19.2. The molecule has 2 aliphatic heterocycles. The molecule has 1 fully saturated rings. The molecule has 2 aromatic carbocycles. The standard InChI is InChI=1S/C30H28F3N3O4/c1-17(2)40-29(39)26-21(5-4-12-34-26)28(38)36-16-30(22-15-19(31)6-9-24(22)36)10-13-35(14-11-30)27(37)20-7-8-23(32)25(33)18(20)3/h4-9,12,15,17H,10-11,13-14,16H2,1-3H3. The minimum absolute atomic E-state index is 0.0568. The zero-order chi connectivity index (χ0) is 28.8. The van der Waals surface area contributed by atoms with Crippen molar-refractivity contribution in [1.29, 1.82) is 0 Å². The number of halogens is 3. The van der Waals surface area contributed by atoms with Gasteiger partial charge in [0.05, 0.1) is 11.7 Å². The molecule has 40 heavy (non-hydrogen) atoms. The summed E-state index contributed by atoms with van der Waals surface area (Å²) in [7, 11) is 0. The first-order valence-corrected chi connectivity index (χ1v) is 13.0. The van der Waals surface area contributed by atoms with E-state index in [2.05, 4.69) is 4.98 Å². The van der Waals surface area contributed by atoms with Gasteiger partial charge >= 0.3 is 5.97 Å². The van der Waals surface area contributed by atoms with Gasteiger partial charge in [0.2, 0.25) is 0 Å². The van der Waals surface area contributed by atoms with E-state index in [0.29, 0.717) is 24.1 Å². The summed E-state index contributed by atoms with van der Waals surface area (Å²) in [6, 6.07) is 9.51. The van der Waals surface area contributed by atoms with Crippen molar-refractivity contribution < 1.29 is 32.3 Å². The monoisotopic (exact) mass is 551 g/mol. The first-order valence-electron chi connectivity index (χ1n) is 13.0. The summed E-state index contributed by atoms with van der Waals surface area (Å²) < 4.78 is 47.5. The lowest BCUT2D eigenvalue weighted by Crippen LogP contribution is -2.48. The van der Waals surface area contributed by atoms with Crippen molar-refractivity contribution in [1.82, 2.24) is 9.88 Å². The van der Waals surface area contributed by atoms with Crippen molar-refractivity contribution in [2.24, 2.45) is 0 Å². The molecule has 1 aromatic heterocycles. The van der Waals surface area contributed by atoms with Crippen LogP contribution in [0.4, 0.5) is 18.9 Å². The van der Waals surface area contributed by atoms with Crippen LogP contribution in [0.5, 0.6) is 0 Å². The Morgan fingerprint density at radius 3 is 2.40 bits per heavy atom. The van der Waals surface area contributed by atoms with Crippen molar-refractivity contribution in [2.45, 2.75) is 45.1 Å². The Balaban J connectivity index is 1.43. The second kappa shape index (κ2) is 10.4. The van der Waals surface area contributed by atoms with Gasteiger partial charge in [-0.15, -0.1) is 0 Å². The van der Waals surface area contributed by atoms with E-state index >= 15 is 0 Å². The first-order chi connectivity index (χ1) is 19.0. The van der Waals surface area contributed by atoms with Gasteiger partial charge in [-0.25, -0.2) is 22.9 Å². The summed E-state index contributed by atoms with van der Waals surface area (Å²) in [6.07, 6.45) is 1.83. The number of amides is 2. The number of carbonyl (C=O) groups is 3. The van der Waals surface area contributed by atoms with E-state index < -0.39 is 46.8 Å². The van der Waals surface area contributed by atoms with Gasteiger partial charge in [0.1, 0.15) is 5.82 Å². The van der Waals surface area contributed by atoms with Gasteiger partial charge in [-0.2, -0.15) is 0 Å². The maximum absolute atomic E-state index is 14.5. The maximum atomic E-state index is 14.5. The minimum atomic E-state index is -1.05. The van der Waals surface area contributed by atoms with Crippen molar-refractivity contribution in [3.05, 3.63) is 94.1 Å². The number of anilines is 1. The lowest BCUT2D eigenvalue weighted by Gasteiger charge is -2.40. The number of likely N-dealkylation sites (tertiary alicyclic amines) is 1. The Labute approximate surface area is 229 Å². The van der Waals surface area contributed by atoms with E-state index in [4.69, 9.17) is 4.74 Å². The Hall–Kier alpha value is -4.21. The van der Waals surface area contributed by atoms with Gasteiger partial charge in [-0.3, -0.25) is 9.59 Å². The molecule has 1 saturated heterocycles. The van der Waals surface area contributed by atoms with Crippen LogP contribution in [0.2, 0.25) is 0 Å². The van der Waals surface area contributed by atoms with Crippen LogP contribution in [0.15, 0.2) is 48.7 Å². The molecule has 10 heteroatoms. The second-order valence-corrected chi connectivity index (χ2v) is 10.5. The average molecular weight is 552 g/mol. The normalized spacial score (nSPS) is 15.9. The molecule has 0 atom stereocenters. The lowest BCUT2D eigenvalue weighted by atomic mass is 9.74. The highest BCUT2D eigenvalue weighted by Crippen LogP contribution is 2.48. The first kappa shape index (κ1) is 27.4. The molecule has 0 N–H and O–H groups in total. The molecule has 3 heterocycles. The summed E-state index contributed by atoms with van der Waals surface area (Å²) in [5.41, 5.74) is 0.519. The molecule has 0 unspecified atom stereocenters. The third-order valence-corrected chi connectivity index (χ3v) is 7.68. The number of ether oxygens (including phenoxy) is 1. The van der Waals surface area contributed by atoms with E-state index in [9.17, 15) is 27.6 Å². The number of carbonyl (C=O) groups excluding carboxylic acids is 3. The fraction of sp³-hybridized carbons (Fsp3) is 0.333. The van der Waals surface area contributed by atoms with Crippen LogP contribution in [0.25, 0.3) is 0 Å². The molecule has 5 rings (SSSR count). The molecule has 2 aliphatic rings. The molecule has 1 spiro atoms. The zero-order valence-electron chi connectivity index (χ0n) is 22.3. The summed E-state index contributed by atoms with van der Waals surface area (Å²) >= 11 is 0. The average Bonchev–Trinajstić information content (AvgIpc) is 3.24. The number of rotatable bonds is 4. The number of aromatic nitrogens is 1. The van der Waals surface area contributed by atoms with E-state index in [1.54, 1.807) is 30.9 Å². The van der Waals surface area contributed by atoms with Gasteiger partial charge in [0.25, 0.3) is 11.8 Å². The number of pyridine rings is 1. The van der Waals surface area contributed by atoms with Crippen LogP contribution < -0.4 is 4.90 Å². The predicted molar refractivity (Wildman–Crippen MR) is 141 cm³/mol. The number of benzene rings is 2. The van der Waals surface area contributed by atoms with Gasteiger partial charge in [0.15, 0.2) is 17.3 Å². The van der Waals surface area contributed by atoms with Crippen molar-refractivity contribution in [2.75, 3.05) is 24.5 Å². The van der Waals surface area contributed by atoms with Crippen LogP contribution in [-0.4, -0.2) is 53.4 Å². The molecule has 0 radical (unpaired) electrons. The fourth-order valence-electron chi connectivity index (χ4n) is 5.60. The Bertz CT molecular complexity index is 1520. The van der Waals surface area contributed by atoms with Crippen LogP contribution >= 0.6 is 0 Å². The third-order valence-electron chi connectivity index (χ3n) is 7.68. The molecule has 3 aromatic rings. The van der Waals surface area contributed by atoms with Crippen molar-refractivity contribution in [3.63, 3.8) is 0 Å². The molecule has 208 valence electrons. The lowest BCUT2D eigenvalue weighted by molar-refractivity contribution is 0.0368. The van der Waals surface area contributed by atoms with Crippen molar-refractivity contribution >= 4 is 23.5 Å². The van der Waals surface area contributed by atoms with Gasteiger partial charge < -0.3 is 14.5 Å². The summed E-state index contributed by atoms with van der Waals surface area (Å²) in [5, 5.41) is 0. The Kier molecular flexibility index (Phi) is 7.12. The number of piperidine rings is 1. The number of hydrogen-bond acceptors (Lipinski definition) is 5. The number of fused-ring (bicyclic) bond motifs is 2. The van der Waals surface area contributed by atoms with Crippen LogP contribution in [0.1, 0.15) is 69.0 Å². The second-order valence-electron chi connectivity index (χ2n) is 10.5. The smallest absolute Gasteiger partial charge is 0.358 e. The number of hydrogen-bond donors (Lipinski definition) is 0. The molecule has 0 aliphatic carbocycles. The Morgan fingerprint density at radius 1 is 0.975 bits per heavy atom. The van der Waals surface area contributed by atoms with Crippen molar-refractivity contribution in [3.8, 4) is 0 Å². The van der Waals surface area contributed by atoms with E-state index in [-0.39, 0.29) is 42.0 Å². The highest BCUT2D eigenvalue weighted by Gasteiger charge is 2.48. The summed E-state index contributed by atoms with van der Waals surface area (Å²) in [6.45, 7) is 5.51. The van der Waals surface area contributed by atoms with Crippen LogP contribution in [0.3, 0.4) is 0 Å². The summed E-state index contributed by atoms with van der Waals surface area (Å²) in [5.74, 6) is -4.13. The SMILES string of the molecule is Cc1c(C(=O)N2CCC3(CC2)CN(C(=O)c2cccnc2C(=O)OC(C)C)c2ccc(F)cc23)ccc(F)c1F. The molecule has 2 amide bonds. The third kappa shape index (κ3) is 4.71. The maximum Gasteiger partial charge on any atom is 0.358 e. The number of esters is 1. The quantitative estimate of drug-likeness (QED) is 0.416. The minimum Gasteiger partial charge on any atom is -0.458 e. The fourth-order valence-corrected chi connectivity index (χ4v) is 5.60. The molecular weight excluding hydrogens is 523 g/mol. The summed E-state index contributed by atoms with van der Waals surface area (Å²) in [4.78, 5) is 46.9. The van der Waals surface area contributed by atoms with Gasteiger partial charge in [-0.1, -0.05) is 0 Å². The topological polar surface area (TPSA) is 79.8 Å². The molecular formula is C30H28F3N3O4. The highest BCUT2D eigenvalue weighted by molar-refractivity contribution is 6.12. The number of nitrogens with zero attached hydrogens (tertiary/aromatic N) is 3. The molecule has 7 nitrogen and oxygen atoms in total. The van der Waals surface area contributed by atoms with Crippen LogP contribution in [-0.2, 0) is 10.2 Å². The molecule has 0 saturated carbocycles.